The normalized spacial score (nSPS) is 10.8. The molecule has 0 bridgehead atoms. The Bertz CT molecular complexity index is 319. The van der Waals surface area contributed by atoms with E-state index in [9.17, 15) is 4.79 Å². The van der Waals surface area contributed by atoms with E-state index in [4.69, 9.17) is 16.7 Å². The summed E-state index contributed by atoms with van der Waals surface area (Å²) in [5.41, 5.74) is 0.508. The zero-order chi connectivity index (χ0) is 10.0. The third-order valence-corrected chi connectivity index (χ3v) is 1.89. The maximum Gasteiger partial charge on any atom is 0.376 e. The molecule has 1 aromatic heterocycles. The van der Waals surface area contributed by atoms with Crippen LogP contribution in [0.1, 0.15) is 30.1 Å². The first-order valence-corrected chi connectivity index (χ1v) is 4.27. The van der Waals surface area contributed by atoms with E-state index >= 15 is 0 Å². The lowest BCUT2D eigenvalue weighted by atomic mass is 10.1. The van der Waals surface area contributed by atoms with Crippen LogP contribution in [0.5, 0.6) is 0 Å². The minimum Gasteiger partial charge on any atom is -0.475 e. The highest BCUT2D eigenvalue weighted by Gasteiger charge is 2.20. The van der Waals surface area contributed by atoms with Gasteiger partial charge in [-0.3, -0.25) is 0 Å². The van der Waals surface area contributed by atoms with Gasteiger partial charge in [0, 0.05) is 0 Å². The molecule has 0 spiro atoms. The summed E-state index contributed by atoms with van der Waals surface area (Å²) in [5, 5.41) is 12.3. The zero-order valence-electron chi connectivity index (χ0n) is 7.37. The molecule has 4 nitrogen and oxygen atoms in total. The zero-order valence-corrected chi connectivity index (χ0v) is 8.13. The summed E-state index contributed by atoms with van der Waals surface area (Å²) in [6, 6.07) is 0. The van der Waals surface area contributed by atoms with Crippen molar-refractivity contribution in [1.82, 2.24) is 5.16 Å². The van der Waals surface area contributed by atoms with Crippen molar-refractivity contribution in [2.75, 3.05) is 0 Å². The fourth-order valence-electron chi connectivity index (χ4n) is 0.958. The van der Waals surface area contributed by atoms with Gasteiger partial charge in [-0.1, -0.05) is 30.6 Å². The molecule has 0 aliphatic rings. The summed E-state index contributed by atoms with van der Waals surface area (Å²) in [5.74, 6) is -1.10. The van der Waals surface area contributed by atoms with Crippen molar-refractivity contribution >= 4 is 17.6 Å². The largest absolute Gasteiger partial charge is 0.475 e. The predicted molar refractivity (Wildman–Crippen MR) is 47.0 cm³/mol. The van der Waals surface area contributed by atoms with Crippen LogP contribution in [-0.2, 0) is 6.42 Å². The molecule has 0 saturated carbocycles. The lowest BCUT2D eigenvalue weighted by Crippen LogP contribution is -1.97. The molecular weight excluding hydrogens is 194 g/mol. The maximum atomic E-state index is 10.5. The minimum absolute atomic E-state index is 0.112. The number of nitrogens with zero attached hydrogens (tertiary/aromatic N) is 1. The van der Waals surface area contributed by atoms with Gasteiger partial charge >= 0.3 is 5.97 Å². The van der Waals surface area contributed by atoms with Crippen LogP contribution in [0, 0.1) is 5.92 Å². The maximum absolute atomic E-state index is 10.5. The number of hydrogen-bond donors (Lipinski definition) is 1. The summed E-state index contributed by atoms with van der Waals surface area (Å²) < 4.78 is 4.58. The highest BCUT2D eigenvalue weighted by molar-refractivity contribution is 6.33. The molecule has 72 valence electrons. The SMILES string of the molecule is CC(C)Cc1noc(C(=O)O)c1Cl. The van der Waals surface area contributed by atoms with Crippen LogP contribution in [0.25, 0.3) is 0 Å². The van der Waals surface area contributed by atoms with Crippen LogP contribution in [0.2, 0.25) is 5.02 Å². The second-order valence-electron chi connectivity index (χ2n) is 3.18. The Morgan fingerprint density at radius 3 is 2.69 bits per heavy atom. The molecule has 0 saturated heterocycles. The molecule has 1 aromatic rings. The van der Waals surface area contributed by atoms with Gasteiger partial charge in [-0.25, -0.2) is 4.79 Å². The standard InChI is InChI=1S/C8H10ClNO3/c1-4(2)3-5-6(9)7(8(11)12)13-10-5/h4H,3H2,1-2H3,(H,11,12). The van der Waals surface area contributed by atoms with Crippen LogP contribution in [-0.4, -0.2) is 16.2 Å². The molecule has 1 rings (SSSR count). The fourth-order valence-corrected chi connectivity index (χ4v) is 1.19. The topological polar surface area (TPSA) is 63.3 Å². The number of halogens is 1. The summed E-state index contributed by atoms with van der Waals surface area (Å²) in [6.07, 6.45) is 0.621. The van der Waals surface area contributed by atoms with Gasteiger partial charge in [0.25, 0.3) is 5.76 Å². The molecule has 1 heterocycles. The second kappa shape index (κ2) is 3.79. The van der Waals surface area contributed by atoms with Crippen LogP contribution in [0.4, 0.5) is 0 Å². The van der Waals surface area contributed by atoms with E-state index in [0.717, 1.165) is 0 Å². The van der Waals surface area contributed by atoms with E-state index in [-0.39, 0.29) is 10.8 Å². The Morgan fingerprint density at radius 2 is 2.31 bits per heavy atom. The fraction of sp³-hybridized carbons (Fsp3) is 0.500. The van der Waals surface area contributed by atoms with Gasteiger partial charge in [-0.2, -0.15) is 0 Å². The molecule has 0 radical (unpaired) electrons. The number of hydrogen-bond acceptors (Lipinski definition) is 3. The molecule has 5 heteroatoms. The molecule has 0 atom stereocenters. The van der Waals surface area contributed by atoms with Gasteiger partial charge in [-0.05, 0) is 12.3 Å². The first-order chi connectivity index (χ1) is 6.02. The molecule has 0 aliphatic carbocycles. The lowest BCUT2D eigenvalue weighted by molar-refractivity contribution is 0.0652. The summed E-state index contributed by atoms with van der Waals surface area (Å²) >= 11 is 5.73. The van der Waals surface area contributed by atoms with E-state index in [1.54, 1.807) is 0 Å². The van der Waals surface area contributed by atoms with Crippen molar-refractivity contribution in [3.63, 3.8) is 0 Å². The molecular formula is C8H10ClNO3. The summed E-state index contributed by atoms with van der Waals surface area (Å²) in [6.45, 7) is 3.98. The Kier molecular flexibility index (Phi) is 2.93. The second-order valence-corrected chi connectivity index (χ2v) is 3.55. The molecule has 0 aromatic carbocycles. The summed E-state index contributed by atoms with van der Waals surface area (Å²) in [7, 11) is 0. The average Bonchev–Trinajstić information content (AvgIpc) is 2.32. The van der Waals surface area contributed by atoms with Crippen molar-refractivity contribution < 1.29 is 14.4 Å². The quantitative estimate of drug-likeness (QED) is 0.818. The number of aromatic carboxylic acids is 1. The van der Waals surface area contributed by atoms with E-state index in [1.165, 1.54) is 0 Å². The van der Waals surface area contributed by atoms with E-state index in [1.807, 2.05) is 13.8 Å². The predicted octanol–water partition coefficient (Wildman–Crippen LogP) is 2.22. The monoisotopic (exact) mass is 203 g/mol. The van der Waals surface area contributed by atoms with Gasteiger partial charge in [0.1, 0.15) is 10.7 Å². The molecule has 13 heavy (non-hydrogen) atoms. The number of carbonyl (C=O) groups is 1. The highest BCUT2D eigenvalue weighted by atomic mass is 35.5. The third kappa shape index (κ3) is 2.21. The average molecular weight is 204 g/mol. The van der Waals surface area contributed by atoms with Gasteiger partial charge in [-0.15, -0.1) is 0 Å². The smallest absolute Gasteiger partial charge is 0.376 e. The van der Waals surface area contributed by atoms with Crippen LogP contribution >= 0.6 is 11.6 Å². The molecule has 0 unspecified atom stereocenters. The van der Waals surface area contributed by atoms with Crippen LogP contribution < -0.4 is 0 Å². The van der Waals surface area contributed by atoms with Gasteiger partial charge < -0.3 is 9.63 Å². The van der Waals surface area contributed by atoms with Crippen molar-refractivity contribution in [1.29, 1.82) is 0 Å². The molecule has 0 amide bonds. The Hall–Kier alpha value is -1.03. The Balaban J connectivity index is 2.93. The summed E-state index contributed by atoms with van der Waals surface area (Å²) in [4.78, 5) is 10.5. The number of carboxylic acid groups (broad SMARTS) is 1. The van der Waals surface area contributed by atoms with Gasteiger partial charge in [0.15, 0.2) is 0 Å². The van der Waals surface area contributed by atoms with Crippen LogP contribution in [0.15, 0.2) is 4.52 Å². The van der Waals surface area contributed by atoms with Crippen molar-refractivity contribution in [2.45, 2.75) is 20.3 Å². The number of aromatic nitrogens is 1. The van der Waals surface area contributed by atoms with Crippen molar-refractivity contribution in [3.05, 3.63) is 16.5 Å². The first kappa shape index (κ1) is 10.1. The minimum atomic E-state index is -1.19. The van der Waals surface area contributed by atoms with Gasteiger partial charge in [0.05, 0.1) is 0 Å². The third-order valence-electron chi connectivity index (χ3n) is 1.50. The molecule has 0 fully saturated rings. The highest BCUT2D eigenvalue weighted by Crippen LogP contribution is 2.22. The molecule has 1 N–H and O–H groups in total. The number of rotatable bonds is 3. The van der Waals surface area contributed by atoms with E-state index < -0.39 is 5.97 Å². The van der Waals surface area contributed by atoms with E-state index in [0.29, 0.717) is 18.0 Å². The van der Waals surface area contributed by atoms with Crippen LogP contribution in [0.3, 0.4) is 0 Å². The van der Waals surface area contributed by atoms with Crippen molar-refractivity contribution in [2.24, 2.45) is 5.92 Å². The molecule has 0 aliphatic heterocycles. The Morgan fingerprint density at radius 1 is 1.69 bits per heavy atom. The number of carboxylic acids is 1. The van der Waals surface area contributed by atoms with E-state index in [2.05, 4.69) is 9.68 Å². The Labute approximate surface area is 80.5 Å². The van der Waals surface area contributed by atoms with Crippen molar-refractivity contribution in [3.8, 4) is 0 Å². The first-order valence-electron chi connectivity index (χ1n) is 3.89. The lowest BCUT2D eigenvalue weighted by Gasteiger charge is -1.98. The van der Waals surface area contributed by atoms with Gasteiger partial charge in [0.2, 0.25) is 0 Å².